The number of carboxylic acid groups (broad SMARTS) is 1. The van der Waals surface area contributed by atoms with Crippen molar-refractivity contribution in [1.82, 2.24) is 10.2 Å². The third kappa shape index (κ3) is 4.60. The van der Waals surface area contributed by atoms with Crippen molar-refractivity contribution in [2.24, 2.45) is 0 Å². The lowest BCUT2D eigenvalue weighted by atomic mass is 9.86. The van der Waals surface area contributed by atoms with E-state index in [9.17, 15) is 23.2 Å². The summed E-state index contributed by atoms with van der Waals surface area (Å²) in [6.45, 7) is -0.680. The lowest BCUT2D eigenvalue weighted by Crippen LogP contribution is -2.48. The number of halogens is 2. The van der Waals surface area contributed by atoms with Gasteiger partial charge in [0.05, 0.1) is 19.0 Å². The Balaban J connectivity index is 1.64. The summed E-state index contributed by atoms with van der Waals surface area (Å²) in [6.07, 6.45) is 0.801. The number of aliphatic carboxylic acids is 1. The van der Waals surface area contributed by atoms with E-state index in [0.717, 1.165) is 0 Å². The van der Waals surface area contributed by atoms with Crippen LogP contribution in [-0.4, -0.2) is 59.4 Å². The average molecular weight is 381 g/mol. The molecule has 2 saturated heterocycles. The van der Waals surface area contributed by atoms with Crippen LogP contribution in [0.25, 0.3) is 0 Å². The number of carbonyl (C=O) groups excluding carboxylic acids is 2. The zero-order chi connectivity index (χ0) is 19.6. The number of nitrogens with zero attached hydrogens (tertiary/aromatic N) is 1. The number of benzene rings is 1. The number of hydrogen-bond donors (Lipinski definition) is 3. The Bertz CT molecular complexity index is 739. The molecule has 0 bridgehead atoms. The molecule has 1 aromatic carbocycles. The van der Waals surface area contributed by atoms with Crippen LogP contribution in [0, 0.1) is 0 Å². The van der Waals surface area contributed by atoms with Crippen LogP contribution in [0.15, 0.2) is 24.3 Å². The molecule has 0 aliphatic carbocycles. The van der Waals surface area contributed by atoms with Gasteiger partial charge >= 0.3 is 5.97 Å². The highest BCUT2D eigenvalue weighted by Gasteiger charge is 2.45. The van der Waals surface area contributed by atoms with Gasteiger partial charge in [0.25, 0.3) is 5.92 Å². The molecule has 0 spiro atoms. The monoisotopic (exact) mass is 381 g/mol. The van der Waals surface area contributed by atoms with Gasteiger partial charge in [-0.25, -0.2) is 8.78 Å². The van der Waals surface area contributed by atoms with Crippen LogP contribution in [0.3, 0.4) is 0 Å². The molecule has 2 heterocycles. The van der Waals surface area contributed by atoms with Crippen LogP contribution in [-0.2, 0) is 14.4 Å². The van der Waals surface area contributed by atoms with Crippen molar-refractivity contribution in [3.8, 4) is 0 Å². The summed E-state index contributed by atoms with van der Waals surface area (Å²) in [6, 6.07) is 5.94. The first-order valence-electron chi connectivity index (χ1n) is 8.77. The molecular formula is C18H21F2N3O4. The summed E-state index contributed by atoms with van der Waals surface area (Å²) in [5.41, 5.74) is 1.09. The number of rotatable bonds is 5. The molecule has 2 atom stereocenters. The van der Waals surface area contributed by atoms with Gasteiger partial charge in [0.15, 0.2) is 0 Å². The Kier molecular flexibility index (Phi) is 5.41. The maximum Gasteiger partial charge on any atom is 0.317 e. The van der Waals surface area contributed by atoms with E-state index in [0.29, 0.717) is 24.2 Å². The number of carbonyl (C=O) groups is 3. The molecule has 1 unspecified atom stereocenters. The second-order valence-electron chi connectivity index (χ2n) is 6.98. The number of carboxylic acids is 1. The second-order valence-corrected chi connectivity index (χ2v) is 6.98. The van der Waals surface area contributed by atoms with Crippen LogP contribution in [0.5, 0.6) is 0 Å². The van der Waals surface area contributed by atoms with Crippen molar-refractivity contribution in [1.29, 1.82) is 0 Å². The summed E-state index contributed by atoms with van der Waals surface area (Å²) in [7, 11) is 0. The minimum Gasteiger partial charge on any atom is -0.480 e. The van der Waals surface area contributed by atoms with Crippen LogP contribution in [0.2, 0.25) is 0 Å². The zero-order valence-corrected chi connectivity index (χ0v) is 14.6. The first-order valence-corrected chi connectivity index (χ1v) is 8.77. The van der Waals surface area contributed by atoms with Gasteiger partial charge in [-0.3, -0.25) is 24.6 Å². The number of likely N-dealkylation sites (tertiary alicyclic amines) is 1. The van der Waals surface area contributed by atoms with Crippen molar-refractivity contribution in [2.45, 2.75) is 37.1 Å². The molecule has 1 aromatic rings. The SMILES string of the molecule is O=C(O)CN1CC[C@H](c2ccc(NC3CCC(=O)NC3=O)cc2)C(F)(F)C1. The minimum absolute atomic E-state index is 0.167. The highest BCUT2D eigenvalue weighted by Crippen LogP contribution is 2.40. The predicted molar refractivity (Wildman–Crippen MR) is 92.6 cm³/mol. The zero-order valence-electron chi connectivity index (χ0n) is 14.6. The van der Waals surface area contributed by atoms with E-state index < -0.39 is 42.8 Å². The molecular weight excluding hydrogens is 360 g/mol. The van der Waals surface area contributed by atoms with Crippen LogP contribution >= 0.6 is 0 Å². The van der Waals surface area contributed by atoms with E-state index in [4.69, 9.17) is 5.11 Å². The summed E-state index contributed by atoms with van der Waals surface area (Å²) < 4.78 is 29.0. The van der Waals surface area contributed by atoms with E-state index in [2.05, 4.69) is 10.6 Å². The fourth-order valence-corrected chi connectivity index (χ4v) is 3.59. The molecule has 7 nitrogen and oxygen atoms in total. The van der Waals surface area contributed by atoms with Crippen molar-refractivity contribution in [3.05, 3.63) is 29.8 Å². The third-order valence-electron chi connectivity index (χ3n) is 4.93. The fraction of sp³-hybridized carbons (Fsp3) is 0.500. The van der Waals surface area contributed by atoms with Crippen LogP contribution in [0.4, 0.5) is 14.5 Å². The molecule has 2 aliphatic rings. The minimum atomic E-state index is -3.02. The molecule has 0 saturated carbocycles. The average Bonchev–Trinajstić information content (AvgIpc) is 2.57. The standard InChI is InChI=1S/C18H21F2N3O4/c19-18(20)10-23(9-16(25)26)8-7-13(18)11-1-3-12(4-2-11)21-14-5-6-15(24)22-17(14)27/h1-4,13-14,21H,5-10H2,(H,25,26)(H,22,24,27)/t13-,14?/m1/s1. The number of amides is 2. The molecule has 2 amide bonds. The maximum atomic E-state index is 14.5. The van der Waals surface area contributed by atoms with Crippen molar-refractivity contribution in [2.75, 3.05) is 25.0 Å². The van der Waals surface area contributed by atoms with Gasteiger partial charge in [-0.15, -0.1) is 0 Å². The Morgan fingerprint density at radius 1 is 1.26 bits per heavy atom. The van der Waals surface area contributed by atoms with Crippen LogP contribution in [0.1, 0.15) is 30.7 Å². The molecule has 2 aliphatic heterocycles. The van der Waals surface area contributed by atoms with Crippen molar-refractivity contribution < 1.29 is 28.3 Å². The van der Waals surface area contributed by atoms with Crippen LogP contribution < -0.4 is 10.6 Å². The molecule has 9 heteroatoms. The fourth-order valence-electron chi connectivity index (χ4n) is 3.59. The highest BCUT2D eigenvalue weighted by molar-refractivity contribution is 6.01. The Morgan fingerprint density at radius 2 is 1.96 bits per heavy atom. The number of nitrogens with one attached hydrogen (secondary N) is 2. The Morgan fingerprint density at radius 3 is 2.56 bits per heavy atom. The van der Waals surface area contributed by atoms with E-state index in [1.807, 2.05) is 0 Å². The van der Waals surface area contributed by atoms with Gasteiger partial charge in [0.1, 0.15) is 6.04 Å². The predicted octanol–water partition coefficient (Wildman–Crippen LogP) is 1.41. The molecule has 3 rings (SSSR count). The first-order chi connectivity index (χ1) is 12.7. The lowest BCUT2D eigenvalue weighted by Gasteiger charge is -2.38. The molecule has 146 valence electrons. The number of hydrogen-bond acceptors (Lipinski definition) is 5. The normalized spacial score (nSPS) is 25.7. The van der Waals surface area contributed by atoms with E-state index in [-0.39, 0.29) is 18.7 Å². The molecule has 27 heavy (non-hydrogen) atoms. The Hall–Kier alpha value is -2.55. The maximum absolute atomic E-state index is 14.5. The van der Waals surface area contributed by atoms with Gasteiger partial charge < -0.3 is 10.4 Å². The smallest absolute Gasteiger partial charge is 0.317 e. The molecule has 2 fully saturated rings. The van der Waals surface area contributed by atoms with Crippen molar-refractivity contribution in [3.63, 3.8) is 0 Å². The molecule has 0 radical (unpaired) electrons. The number of piperidine rings is 2. The molecule has 3 N–H and O–H groups in total. The largest absolute Gasteiger partial charge is 0.480 e. The van der Waals surface area contributed by atoms with Gasteiger partial charge in [0.2, 0.25) is 11.8 Å². The summed E-state index contributed by atoms with van der Waals surface area (Å²) in [4.78, 5) is 34.9. The first kappa shape index (κ1) is 19.2. The number of anilines is 1. The van der Waals surface area contributed by atoms with E-state index in [1.54, 1.807) is 24.3 Å². The molecule has 0 aromatic heterocycles. The highest BCUT2D eigenvalue weighted by atomic mass is 19.3. The van der Waals surface area contributed by atoms with Gasteiger partial charge in [-0.2, -0.15) is 0 Å². The summed E-state index contributed by atoms with van der Waals surface area (Å²) in [5, 5.41) is 14.0. The quantitative estimate of drug-likeness (QED) is 0.667. The number of imide groups is 1. The topological polar surface area (TPSA) is 98.7 Å². The van der Waals surface area contributed by atoms with Gasteiger partial charge in [-0.1, -0.05) is 12.1 Å². The second kappa shape index (κ2) is 7.59. The summed E-state index contributed by atoms with van der Waals surface area (Å²) >= 11 is 0. The third-order valence-corrected chi connectivity index (χ3v) is 4.93. The lowest BCUT2D eigenvalue weighted by molar-refractivity contribution is -0.142. The van der Waals surface area contributed by atoms with E-state index in [1.165, 1.54) is 4.90 Å². The van der Waals surface area contributed by atoms with Crippen molar-refractivity contribution >= 4 is 23.5 Å². The Labute approximate surface area is 154 Å². The van der Waals surface area contributed by atoms with E-state index >= 15 is 0 Å². The van der Waals surface area contributed by atoms with Gasteiger partial charge in [-0.05, 0) is 37.1 Å². The summed E-state index contributed by atoms with van der Waals surface area (Å²) in [5.74, 6) is -5.82. The van der Waals surface area contributed by atoms with Gasteiger partial charge in [0, 0.05) is 12.1 Å². The number of alkyl halides is 2.